The quantitative estimate of drug-likeness (QED) is 0.236. The summed E-state index contributed by atoms with van der Waals surface area (Å²) in [6.07, 6.45) is 2.12. The highest BCUT2D eigenvalue weighted by Gasteiger charge is 2.21. The van der Waals surface area contributed by atoms with E-state index in [0.717, 1.165) is 38.8 Å². The number of para-hydroxylation sites is 1. The van der Waals surface area contributed by atoms with Crippen molar-refractivity contribution in [3.8, 4) is 5.82 Å². The molecule has 0 unspecified atom stereocenters. The van der Waals surface area contributed by atoms with Crippen LogP contribution in [0.5, 0.6) is 0 Å². The van der Waals surface area contributed by atoms with Crippen molar-refractivity contribution in [3.05, 3.63) is 103 Å². The molecule has 4 nitrogen and oxygen atoms in total. The number of rotatable bonds is 1. The predicted octanol–water partition coefficient (Wildman–Crippen LogP) is 8.70. The number of hydrogen-bond acceptors (Lipinski definition) is 3. The van der Waals surface area contributed by atoms with E-state index >= 15 is 0 Å². The fourth-order valence-corrected chi connectivity index (χ4v) is 6.90. The highest BCUT2D eigenvalue weighted by Crippen LogP contribution is 2.44. The molecule has 0 radical (unpaired) electrons. The van der Waals surface area contributed by atoms with Crippen molar-refractivity contribution in [1.82, 2.24) is 14.2 Å². The fourth-order valence-electron chi connectivity index (χ4n) is 5.69. The van der Waals surface area contributed by atoms with Crippen molar-refractivity contribution in [3.63, 3.8) is 0 Å². The summed E-state index contributed by atoms with van der Waals surface area (Å²) in [5.74, 6) is 0.918. The number of nitrogens with zero attached hydrogens (tertiary/aromatic N) is 3. The Morgan fingerprint density at radius 2 is 1.47 bits per heavy atom. The molecular formula is C31H17N3OS. The number of benzene rings is 4. The van der Waals surface area contributed by atoms with Crippen molar-refractivity contribution in [2.24, 2.45) is 0 Å². The maximum Gasteiger partial charge on any atom is 0.160 e. The second-order valence-corrected chi connectivity index (χ2v) is 10.4. The lowest BCUT2D eigenvalue weighted by atomic mass is 10.1. The standard InChI is InChI=1S/C31H17N3OS/c1-2-8-19-17-33-20(13-18(19)7-1)14-29(32-33)34-25-15-23-21-9-3-5-11-26(21)35-27(23)16-24(25)31-30(34)22-10-4-6-12-28(22)36-31/h1-17H. The van der Waals surface area contributed by atoms with E-state index in [4.69, 9.17) is 9.52 Å². The van der Waals surface area contributed by atoms with Gasteiger partial charge in [0.05, 0.1) is 21.3 Å². The van der Waals surface area contributed by atoms with Crippen LogP contribution in [0.2, 0.25) is 0 Å². The second-order valence-electron chi connectivity index (χ2n) is 9.35. The molecule has 0 N–H and O–H groups in total. The van der Waals surface area contributed by atoms with Gasteiger partial charge in [0, 0.05) is 43.9 Å². The average Bonchev–Trinajstić information content (AvgIpc) is 3.65. The molecule has 0 bridgehead atoms. The van der Waals surface area contributed by atoms with Crippen LogP contribution >= 0.6 is 11.3 Å². The third kappa shape index (κ3) is 2.35. The van der Waals surface area contributed by atoms with Gasteiger partial charge in [0.2, 0.25) is 0 Å². The summed E-state index contributed by atoms with van der Waals surface area (Å²) in [7, 11) is 0. The third-order valence-corrected chi connectivity index (χ3v) is 8.51. The van der Waals surface area contributed by atoms with Crippen LogP contribution in [0.15, 0.2) is 108 Å². The molecule has 5 heterocycles. The van der Waals surface area contributed by atoms with E-state index in [0.29, 0.717) is 0 Å². The van der Waals surface area contributed by atoms with E-state index in [1.54, 1.807) is 0 Å². The minimum atomic E-state index is 0.915. The molecule has 0 saturated carbocycles. The first-order valence-electron chi connectivity index (χ1n) is 12.0. The number of furan rings is 1. The number of aromatic nitrogens is 3. The number of pyridine rings is 1. The Balaban J connectivity index is 1.47. The molecular weight excluding hydrogens is 462 g/mol. The smallest absolute Gasteiger partial charge is 0.160 e. The first-order chi connectivity index (χ1) is 17.8. The van der Waals surface area contributed by atoms with Crippen LogP contribution in [-0.2, 0) is 0 Å². The SMILES string of the molecule is c1ccc2cn3nc(-n4c5cc6c(cc5c5sc7ccccc7c54)oc4ccccc46)cc3cc2c1. The highest BCUT2D eigenvalue weighted by molar-refractivity contribution is 7.26. The van der Waals surface area contributed by atoms with Gasteiger partial charge >= 0.3 is 0 Å². The lowest BCUT2D eigenvalue weighted by Crippen LogP contribution is -1.95. The van der Waals surface area contributed by atoms with Gasteiger partial charge in [-0.05, 0) is 35.7 Å². The zero-order valence-electron chi connectivity index (χ0n) is 19.0. The summed E-state index contributed by atoms with van der Waals surface area (Å²) in [4.78, 5) is 0. The van der Waals surface area contributed by atoms with Gasteiger partial charge < -0.3 is 4.42 Å². The Morgan fingerprint density at radius 1 is 0.667 bits per heavy atom. The Labute approximate surface area is 208 Å². The number of fused-ring (bicyclic) bond motifs is 10. The summed E-state index contributed by atoms with van der Waals surface area (Å²) in [6.45, 7) is 0. The van der Waals surface area contributed by atoms with Crippen molar-refractivity contribution in [1.29, 1.82) is 0 Å². The Bertz CT molecular complexity index is 2280. The maximum absolute atomic E-state index is 6.27. The molecule has 9 rings (SSSR count). The minimum Gasteiger partial charge on any atom is -0.456 e. The first kappa shape index (κ1) is 18.7. The van der Waals surface area contributed by atoms with Crippen molar-refractivity contribution in [2.45, 2.75) is 0 Å². The summed E-state index contributed by atoms with van der Waals surface area (Å²) >= 11 is 1.83. The van der Waals surface area contributed by atoms with Crippen molar-refractivity contribution >= 4 is 80.8 Å². The van der Waals surface area contributed by atoms with Crippen LogP contribution in [0, 0.1) is 0 Å². The van der Waals surface area contributed by atoms with E-state index in [1.165, 1.54) is 36.5 Å². The van der Waals surface area contributed by atoms with Gasteiger partial charge in [-0.1, -0.05) is 60.7 Å². The Morgan fingerprint density at radius 3 is 2.42 bits per heavy atom. The predicted molar refractivity (Wildman–Crippen MR) is 150 cm³/mol. The lowest BCUT2D eigenvalue weighted by molar-refractivity contribution is 0.669. The molecule has 168 valence electrons. The third-order valence-electron chi connectivity index (χ3n) is 7.32. The topological polar surface area (TPSA) is 35.4 Å². The minimum absolute atomic E-state index is 0.915. The summed E-state index contributed by atoms with van der Waals surface area (Å²) in [6, 6.07) is 34.2. The van der Waals surface area contributed by atoms with Crippen LogP contribution in [0.4, 0.5) is 0 Å². The number of thiophene rings is 1. The zero-order valence-corrected chi connectivity index (χ0v) is 19.8. The van der Waals surface area contributed by atoms with E-state index < -0.39 is 0 Å². The summed E-state index contributed by atoms with van der Waals surface area (Å²) in [5, 5.41) is 12.2. The molecule has 5 aromatic heterocycles. The van der Waals surface area contributed by atoms with Crippen LogP contribution in [0.25, 0.3) is 75.3 Å². The molecule has 4 aromatic carbocycles. The molecule has 9 aromatic rings. The maximum atomic E-state index is 6.27. The van der Waals surface area contributed by atoms with Gasteiger partial charge in [0.1, 0.15) is 11.2 Å². The van der Waals surface area contributed by atoms with Gasteiger partial charge in [-0.25, -0.2) is 4.52 Å². The van der Waals surface area contributed by atoms with Gasteiger partial charge in [0.15, 0.2) is 5.82 Å². The van der Waals surface area contributed by atoms with Gasteiger partial charge in [-0.3, -0.25) is 4.57 Å². The fraction of sp³-hybridized carbons (Fsp3) is 0. The van der Waals surface area contributed by atoms with Crippen LogP contribution in [0.1, 0.15) is 0 Å². The highest BCUT2D eigenvalue weighted by atomic mass is 32.1. The van der Waals surface area contributed by atoms with E-state index in [9.17, 15) is 0 Å². The molecule has 0 atom stereocenters. The largest absolute Gasteiger partial charge is 0.456 e. The van der Waals surface area contributed by atoms with Crippen molar-refractivity contribution < 1.29 is 4.42 Å². The molecule has 0 amide bonds. The van der Waals surface area contributed by atoms with Gasteiger partial charge in [-0.15, -0.1) is 16.4 Å². The summed E-state index contributed by atoms with van der Waals surface area (Å²) < 4.78 is 13.1. The number of hydrogen-bond donors (Lipinski definition) is 0. The molecule has 0 fully saturated rings. The average molecular weight is 480 g/mol. The Kier molecular flexibility index (Phi) is 3.39. The molecule has 0 saturated heterocycles. The first-order valence-corrected chi connectivity index (χ1v) is 12.8. The van der Waals surface area contributed by atoms with E-state index in [1.807, 2.05) is 28.0 Å². The molecule has 0 spiro atoms. The monoisotopic (exact) mass is 479 g/mol. The van der Waals surface area contributed by atoms with Crippen LogP contribution < -0.4 is 0 Å². The molecule has 5 heteroatoms. The molecule has 0 aliphatic heterocycles. The van der Waals surface area contributed by atoms with E-state index in [-0.39, 0.29) is 0 Å². The second kappa shape index (κ2) is 6.53. The van der Waals surface area contributed by atoms with Gasteiger partial charge in [0.25, 0.3) is 0 Å². The van der Waals surface area contributed by atoms with Crippen molar-refractivity contribution in [2.75, 3.05) is 0 Å². The zero-order chi connectivity index (χ0) is 23.4. The lowest BCUT2D eigenvalue weighted by Gasteiger charge is -2.04. The van der Waals surface area contributed by atoms with Crippen LogP contribution in [0.3, 0.4) is 0 Å². The molecule has 0 aliphatic carbocycles. The molecule has 36 heavy (non-hydrogen) atoms. The van der Waals surface area contributed by atoms with Gasteiger partial charge in [-0.2, -0.15) is 0 Å². The normalized spacial score (nSPS) is 12.4. The molecule has 0 aliphatic rings. The Hall–Kier alpha value is -4.61. The van der Waals surface area contributed by atoms with Crippen LogP contribution in [-0.4, -0.2) is 14.2 Å². The van der Waals surface area contributed by atoms with E-state index in [2.05, 4.69) is 95.7 Å². The summed E-state index contributed by atoms with van der Waals surface area (Å²) in [5.41, 5.74) is 5.26.